The maximum absolute atomic E-state index is 13.1. The van der Waals surface area contributed by atoms with Crippen LogP contribution in [0.3, 0.4) is 0 Å². The van der Waals surface area contributed by atoms with Crippen LogP contribution < -0.4 is 15.6 Å². The van der Waals surface area contributed by atoms with Crippen molar-refractivity contribution < 1.29 is 4.74 Å². The number of nitrogens with one attached hydrogen (secondary N) is 1. The number of halogens is 2. The zero-order valence-electron chi connectivity index (χ0n) is 18.6. The Labute approximate surface area is 202 Å². The van der Waals surface area contributed by atoms with Crippen LogP contribution >= 0.6 is 23.2 Å². The average molecular weight is 483 g/mol. The zero-order chi connectivity index (χ0) is 23.5. The Morgan fingerprint density at radius 2 is 1.76 bits per heavy atom. The molecule has 4 rings (SSSR count). The Hall–Kier alpha value is -3.06. The van der Waals surface area contributed by atoms with Gasteiger partial charge in [0.15, 0.2) is 0 Å². The molecule has 170 valence electrons. The van der Waals surface area contributed by atoms with E-state index in [-0.39, 0.29) is 5.56 Å². The summed E-state index contributed by atoms with van der Waals surface area (Å²) >= 11 is 12.7. The van der Waals surface area contributed by atoms with E-state index in [1.54, 1.807) is 42.1 Å². The second-order valence-electron chi connectivity index (χ2n) is 7.95. The maximum Gasteiger partial charge on any atom is 0.258 e. The molecule has 2 aromatic carbocycles. The van der Waals surface area contributed by atoms with Crippen LogP contribution in [0.4, 0.5) is 11.5 Å². The third-order valence-electron chi connectivity index (χ3n) is 5.27. The van der Waals surface area contributed by atoms with Crippen LogP contribution in [0, 0.1) is 0 Å². The first-order chi connectivity index (χ1) is 15.8. The number of hydrogen-bond donors (Lipinski definition) is 1. The molecule has 2 aromatic heterocycles. The smallest absolute Gasteiger partial charge is 0.258 e. The van der Waals surface area contributed by atoms with E-state index in [1.165, 1.54) is 0 Å². The third kappa shape index (κ3) is 5.14. The van der Waals surface area contributed by atoms with Crippen LogP contribution in [0.25, 0.3) is 22.0 Å². The van der Waals surface area contributed by atoms with E-state index in [0.717, 1.165) is 28.9 Å². The first kappa shape index (κ1) is 23.1. The van der Waals surface area contributed by atoms with E-state index >= 15 is 0 Å². The van der Waals surface area contributed by atoms with Crippen molar-refractivity contribution in [2.24, 2.45) is 7.05 Å². The summed E-state index contributed by atoms with van der Waals surface area (Å²) in [6.45, 7) is 1.48. The molecule has 0 aliphatic heterocycles. The molecule has 0 amide bonds. The summed E-state index contributed by atoms with van der Waals surface area (Å²) in [6, 6.07) is 16.5. The highest BCUT2D eigenvalue weighted by atomic mass is 35.5. The molecular formula is C25H24Cl2N4O2. The van der Waals surface area contributed by atoms with Gasteiger partial charge in [-0.1, -0.05) is 29.3 Å². The molecule has 4 aromatic rings. The number of nitrogens with zero attached hydrogens (tertiary/aromatic N) is 3. The molecule has 0 bridgehead atoms. The highest BCUT2D eigenvalue weighted by Gasteiger charge is 2.15. The van der Waals surface area contributed by atoms with Crippen LogP contribution in [0.5, 0.6) is 5.75 Å². The number of fused-ring (bicyclic) bond motifs is 1. The largest absolute Gasteiger partial charge is 0.492 e. The van der Waals surface area contributed by atoms with Gasteiger partial charge in [-0.2, -0.15) is 0 Å². The van der Waals surface area contributed by atoms with Gasteiger partial charge in [-0.05, 0) is 56.6 Å². The van der Waals surface area contributed by atoms with Gasteiger partial charge in [0.05, 0.1) is 21.1 Å². The van der Waals surface area contributed by atoms with Gasteiger partial charge in [-0.3, -0.25) is 4.79 Å². The van der Waals surface area contributed by atoms with Crippen molar-refractivity contribution in [1.82, 2.24) is 14.5 Å². The minimum atomic E-state index is -0.186. The molecule has 0 saturated heterocycles. The van der Waals surface area contributed by atoms with Gasteiger partial charge in [0.2, 0.25) is 0 Å². The Morgan fingerprint density at radius 1 is 1.06 bits per heavy atom. The summed E-state index contributed by atoms with van der Waals surface area (Å²) < 4.78 is 7.31. The monoisotopic (exact) mass is 482 g/mol. The minimum absolute atomic E-state index is 0.186. The van der Waals surface area contributed by atoms with Crippen LogP contribution in [0.1, 0.15) is 0 Å². The van der Waals surface area contributed by atoms with Gasteiger partial charge >= 0.3 is 0 Å². The van der Waals surface area contributed by atoms with Gasteiger partial charge in [-0.15, -0.1) is 0 Å². The van der Waals surface area contributed by atoms with Gasteiger partial charge in [0.25, 0.3) is 5.56 Å². The highest BCUT2D eigenvalue weighted by Crippen LogP contribution is 2.34. The summed E-state index contributed by atoms with van der Waals surface area (Å²) in [4.78, 5) is 19.7. The number of rotatable bonds is 7. The molecule has 8 heteroatoms. The average Bonchev–Trinajstić information content (AvgIpc) is 2.78. The van der Waals surface area contributed by atoms with Gasteiger partial charge in [-0.25, -0.2) is 4.98 Å². The van der Waals surface area contributed by atoms with Crippen LogP contribution in [-0.4, -0.2) is 41.7 Å². The van der Waals surface area contributed by atoms with Crippen molar-refractivity contribution in [2.75, 3.05) is 32.6 Å². The number of hydrogen-bond acceptors (Lipinski definition) is 5. The molecule has 0 atom stereocenters. The SMILES string of the molecule is CN(C)CCOc1ccc(Nc2cc3c(cn2)cc(-c2c(Cl)cccc2Cl)c(=O)n3C)cc1. The normalized spacial score (nSPS) is 11.2. The van der Waals surface area contributed by atoms with Crippen LogP contribution in [0.2, 0.25) is 10.0 Å². The van der Waals surface area contributed by atoms with Gasteiger partial charge in [0, 0.05) is 42.5 Å². The molecule has 0 radical (unpaired) electrons. The first-order valence-electron chi connectivity index (χ1n) is 10.4. The molecule has 2 heterocycles. The number of anilines is 2. The van der Waals surface area contributed by atoms with E-state index < -0.39 is 0 Å². The molecule has 33 heavy (non-hydrogen) atoms. The first-order valence-corrected chi connectivity index (χ1v) is 11.2. The predicted octanol–water partition coefficient (Wildman–Crippen LogP) is 5.59. The fourth-order valence-corrected chi connectivity index (χ4v) is 4.10. The molecule has 0 aliphatic carbocycles. The lowest BCUT2D eigenvalue weighted by molar-refractivity contribution is 0.261. The highest BCUT2D eigenvalue weighted by molar-refractivity contribution is 6.39. The fraction of sp³-hybridized carbons (Fsp3) is 0.200. The zero-order valence-corrected chi connectivity index (χ0v) is 20.1. The lowest BCUT2D eigenvalue weighted by Gasteiger charge is -2.13. The molecule has 1 N–H and O–H groups in total. The van der Waals surface area contributed by atoms with Crippen LogP contribution in [-0.2, 0) is 7.05 Å². The van der Waals surface area contributed by atoms with Crippen molar-refractivity contribution in [3.8, 4) is 16.9 Å². The molecular weight excluding hydrogens is 459 g/mol. The van der Waals surface area contributed by atoms with Crippen molar-refractivity contribution in [2.45, 2.75) is 0 Å². The van der Waals surface area contributed by atoms with Gasteiger partial charge < -0.3 is 19.5 Å². The molecule has 0 aliphatic rings. The van der Waals surface area contributed by atoms with Gasteiger partial charge in [0.1, 0.15) is 18.2 Å². The number of aryl methyl sites for hydroxylation is 1. The molecule has 0 unspecified atom stereocenters. The van der Waals surface area contributed by atoms with Crippen molar-refractivity contribution in [3.63, 3.8) is 0 Å². The number of likely N-dealkylation sites (N-methyl/N-ethyl adjacent to an activating group) is 1. The summed E-state index contributed by atoms with van der Waals surface area (Å²) in [5, 5.41) is 4.94. The number of aromatic nitrogens is 2. The van der Waals surface area contributed by atoms with E-state index in [0.29, 0.717) is 33.6 Å². The van der Waals surface area contributed by atoms with E-state index in [4.69, 9.17) is 27.9 Å². The van der Waals surface area contributed by atoms with Crippen molar-refractivity contribution in [1.29, 1.82) is 0 Å². The topological polar surface area (TPSA) is 59.4 Å². The molecule has 6 nitrogen and oxygen atoms in total. The van der Waals surface area contributed by atoms with Crippen molar-refractivity contribution >= 4 is 45.6 Å². The minimum Gasteiger partial charge on any atom is -0.492 e. The second kappa shape index (κ2) is 9.83. The van der Waals surface area contributed by atoms with E-state index in [2.05, 4.69) is 15.2 Å². The van der Waals surface area contributed by atoms with E-state index in [9.17, 15) is 4.79 Å². The Morgan fingerprint density at radius 3 is 2.42 bits per heavy atom. The fourth-order valence-electron chi connectivity index (χ4n) is 3.50. The summed E-state index contributed by atoms with van der Waals surface area (Å²) in [7, 11) is 5.74. The third-order valence-corrected chi connectivity index (χ3v) is 5.90. The summed E-state index contributed by atoms with van der Waals surface area (Å²) in [6.07, 6.45) is 1.73. The lowest BCUT2D eigenvalue weighted by Crippen LogP contribution is -2.19. The second-order valence-corrected chi connectivity index (χ2v) is 8.76. The maximum atomic E-state index is 13.1. The molecule has 0 spiro atoms. The lowest BCUT2D eigenvalue weighted by atomic mass is 10.1. The Kier molecular flexibility index (Phi) is 6.88. The van der Waals surface area contributed by atoms with E-state index in [1.807, 2.05) is 44.4 Å². The van der Waals surface area contributed by atoms with Crippen molar-refractivity contribution in [3.05, 3.63) is 81.2 Å². The van der Waals surface area contributed by atoms with Crippen LogP contribution in [0.15, 0.2) is 65.6 Å². The molecule has 0 saturated carbocycles. The Bertz CT molecular complexity index is 1330. The summed E-state index contributed by atoms with van der Waals surface area (Å²) in [5.74, 6) is 1.43. The number of ether oxygens (including phenoxy) is 1. The number of benzene rings is 2. The predicted molar refractivity (Wildman–Crippen MR) is 136 cm³/mol. The quantitative estimate of drug-likeness (QED) is 0.371. The number of pyridine rings is 2. The standard InChI is InChI=1S/C25H24Cl2N4O2/c1-30(2)11-12-33-18-9-7-17(8-10-18)29-23-14-22-16(15-28-23)13-19(25(32)31(22)3)24-20(26)5-4-6-21(24)27/h4-10,13-15H,11-12H2,1-3H3,(H,28,29). The summed E-state index contributed by atoms with van der Waals surface area (Å²) in [5.41, 5.74) is 2.39. The Balaban J connectivity index is 1.60. The molecule has 0 fully saturated rings.